The predicted octanol–water partition coefficient (Wildman–Crippen LogP) is 2.58. The third-order valence-electron chi connectivity index (χ3n) is 4.16. The molecule has 5 nitrogen and oxygen atoms in total. The van der Waals surface area contributed by atoms with E-state index in [0.29, 0.717) is 6.54 Å². The van der Waals surface area contributed by atoms with Crippen molar-refractivity contribution in [1.82, 2.24) is 10.3 Å². The number of hydrazine groups is 1. The number of para-hydroxylation sites is 1. The van der Waals surface area contributed by atoms with Gasteiger partial charge in [0.25, 0.3) is 0 Å². The van der Waals surface area contributed by atoms with Crippen LogP contribution in [-0.2, 0) is 22.6 Å². The number of hydrogen-bond acceptors (Lipinski definition) is 4. The third-order valence-corrected chi connectivity index (χ3v) is 5.19. The summed E-state index contributed by atoms with van der Waals surface area (Å²) in [4.78, 5) is 27.6. The number of hydrogen-bond donors (Lipinski definition) is 1. The Morgan fingerprint density at radius 3 is 2.79 bits per heavy atom. The summed E-state index contributed by atoms with van der Waals surface area (Å²) in [6, 6.07) is 11.7. The van der Waals surface area contributed by atoms with Crippen LogP contribution in [-0.4, -0.2) is 30.3 Å². The zero-order valence-electron chi connectivity index (χ0n) is 13.7. The molecule has 24 heavy (non-hydrogen) atoms. The van der Waals surface area contributed by atoms with Crippen molar-refractivity contribution in [2.24, 2.45) is 0 Å². The lowest BCUT2D eigenvalue weighted by Gasteiger charge is -2.27. The van der Waals surface area contributed by atoms with Crippen molar-refractivity contribution in [1.29, 1.82) is 0 Å². The minimum atomic E-state index is -0.150. The molecule has 0 saturated carbocycles. The Morgan fingerprint density at radius 1 is 1.21 bits per heavy atom. The Bertz CT molecular complexity index is 714. The van der Waals surface area contributed by atoms with E-state index >= 15 is 0 Å². The Labute approximate surface area is 145 Å². The number of carbonyl (C=O) groups excluding carboxylic acids is 2. The van der Waals surface area contributed by atoms with Gasteiger partial charge in [-0.3, -0.25) is 20.0 Å². The molecule has 126 valence electrons. The van der Waals surface area contributed by atoms with E-state index < -0.39 is 0 Å². The van der Waals surface area contributed by atoms with Crippen LogP contribution in [0.25, 0.3) is 0 Å². The second-order valence-corrected chi connectivity index (χ2v) is 6.86. The average molecular weight is 343 g/mol. The molecule has 3 rings (SSSR count). The monoisotopic (exact) mass is 343 g/mol. The molecule has 1 aromatic carbocycles. The molecule has 0 unspecified atom stereocenters. The van der Waals surface area contributed by atoms with Crippen LogP contribution < -0.4 is 10.4 Å². The van der Waals surface area contributed by atoms with Crippen LogP contribution in [0, 0.1) is 0 Å². The van der Waals surface area contributed by atoms with E-state index in [9.17, 15) is 9.59 Å². The first-order valence-corrected chi connectivity index (χ1v) is 8.93. The molecular weight excluding hydrogens is 322 g/mol. The number of thiophene rings is 1. The summed E-state index contributed by atoms with van der Waals surface area (Å²) in [5, 5.41) is 3.75. The molecule has 0 bridgehead atoms. The van der Waals surface area contributed by atoms with Gasteiger partial charge >= 0.3 is 0 Å². The molecule has 2 amide bonds. The van der Waals surface area contributed by atoms with Crippen LogP contribution in [0.2, 0.25) is 0 Å². The first-order chi connectivity index (χ1) is 11.6. The fourth-order valence-electron chi connectivity index (χ4n) is 2.80. The predicted molar refractivity (Wildman–Crippen MR) is 95.7 cm³/mol. The van der Waals surface area contributed by atoms with Gasteiger partial charge in [0, 0.05) is 37.9 Å². The van der Waals surface area contributed by atoms with Gasteiger partial charge in [-0.25, -0.2) is 0 Å². The minimum absolute atomic E-state index is 0.0457. The molecule has 1 aliphatic rings. The van der Waals surface area contributed by atoms with Crippen LogP contribution in [0.5, 0.6) is 0 Å². The normalized spacial score (nSPS) is 13.3. The third kappa shape index (κ3) is 3.94. The molecule has 0 saturated heterocycles. The Morgan fingerprint density at radius 2 is 2.00 bits per heavy atom. The highest BCUT2D eigenvalue weighted by Gasteiger charge is 2.21. The maximum Gasteiger partial charge on any atom is 0.239 e. The van der Waals surface area contributed by atoms with Crippen LogP contribution in [0.15, 0.2) is 41.8 Å². The number of nitrogens with one attached hydrogen (secondary N) is 1. The molecule has 1 N–H and O–H groups in total. The number of anilines is 1. The zero-order valence-corrected chi connectivity index (χ0v) is 14.5. The van der Waals surface area contributed by atoms with Gasteiger partial charge in [-0.15, -0.1) is 11.3 Å². The number of rotatable bonds is 5. The molecule has 0 spiro atoms. The highest BCUT2D eigenvalue weighted by molar-refractivity contribution is 7.10. The quantitative estimate of drug-likeness (QED) is 0.849. The maximum atomic E-state index is 12.3. The summed E-state index contributed by atoms with van der Waals surface area (Å²) >= 11 is 1.75. The lowest BCUT2D eigenvalue weighted by Crippen LogP contribution is -2.40. The molecule has 2 heterocycles. The van der Waals surface area contributed by atoms with Gasteiger partial charge in [0.05, 0.1) is 5.69 Å². The van der Waals surface area contributed by atoms with Gasteiger partial charge in [-0.1, -0.05) is 18.2 Å². The number of nitrogens with zero attached hydrogens (tertiary/aromatic N) is 2. The molecule has 0 aliphatic carbocycles. The summed E-state index contributed by atoms with van der Waals surface area (Å²) in [6.07, 6.45) is 1.36. The largest absolute Gasteiger partial charge is 0.338 e. The van der Waals surface area contributed by atoms with E-state index in [1.165, 1.54) is 10.4 Å². The highest BCUT2D eigenvalue weighted by atomic mass is 32.1. The lowest BCUT2D eigenvalue weighted by atomic mass is 10.1. The zero-order chi connectivity index (χ0) is 16.9. The van der Waals surface area contributed by atoms with Crippen molar-refractivity contribution in [2.45, 2.75) is 25.8 Å². The minimum Gasteiger partial charge on any atom is -0.338 e. The molecule has 6 heteroatoms. The van der Waals surface area contributed by atoms with Crippen LogP contribution in [0.4, 0.5) is 5.69 Å². The van der Waals surface area contributed by atoms with Crippen molar-refractivity contribution in [3.8, 4) is 0 Å². The summed E-state index contributed by atoms with van der Waals surface area (Å²) in [7, 11) is 1.79. The first kappa shape index (κ1) is 16.5. The number of carbonyl (C=O) groups is 2. The second kappa shape index (κ2) is 7.49. The Kier molecular flexibility index (Phi) is 5.15. The average Bonchev–Trinajstić information content (AvgIpc) is 3.08. The molecule has 1 aliphatic heterocycles. The Hall–Kier alpha value is -2.34. The number of amides is 2. The molecule has 2 aromatic rings. The van der Waals surface area contributed by atoms with E-state index in [-0.39, 0.29) is 24.7 Å². The van der Waals surface area contributed by atoms with Crippen molar-refractivity contribution in [3.05, 3.63) is 52.2 Å². The molecule has 1 aromatic heterocycles. The summed E-state index contributed by atoms with van der Waals surface area (Å²) in [6.45, 7) is 1.42. The van der Waals surface area contributed by atoms with Crippen LogP contribution >= 0.6 is 11.3 Å². The molecule has 0 atom stereocenters. The van der Waals surface area contributed by atoms with E-state index in [4.69, 9.17) is 0 Å². The first-order valence-electron chi connectivity index (χ1n) is 8.05. The van der Waals surface area contributed by atoms with Crippen molar-refractivity contribution >= 4 is 28.8 Å². The fraction of sp³-hybridized carbons (Fsp3) is 0.333. The van der Waals surface area contributed by atoms with Gasteiger partial charge < -0.3 is 4.90 Å². The van der Waals surface area contributed by atoms with Crippen molar-refractivity contribution < 1.29 is 9.59 Å². The number of fused-ring (bicyclic) bond motifs is 1. The highest BCUT2D eigenvalue weighted by Crippen LogP contribution is 2.24. The number of benzene rings is 1. The van der Waals surface area contributed by atoms with Gasteiger partial charge in [0.15, 0.2) is 0 Å². The summed E-state index contributed by atoms with van der Waals surface area (Å²) < 4.78 is 0. The van der Waals surface area contributed by atoms with Crippen LogP contribution in [0.3, 0.4) is 0 Å². The van der Waals surface area contributed by atoms with E-state index in [1.807, 2.05) is 35.2 Å². The fourth-order valence-corrected chi connectivity index (χ4v) is 3.69. The van der Waals surface area contributed by atoms with Crippen molar-refractivity contribution in [2.75, 3.05) is 18.6 Å². The van der Waals surface area contributed by atoms with Gasteiger partial charge in [-0.2, -0.15) is 0 Å². The smallest absolute Gasteiger partial charge is 0.239 e. The van der Waals surface area contributed by atoms with E-state index in [0.717, 1.165) is 18.7 Å². The van der Waals surface area contributed by atoms with E-state index in [1.54, 1.807) is 23.4 Å². The van der Waals surface area contributed by atoms with Gasteiger partial charge in [0.2, 0.25) is 11.8 Å². The second-order valence-electron chi connectivity index (χ2n) is 5.86. The maximum absolute atomic E-state index is 12.3. The lowest BCUT2D eigenvalue weighted by molar-refractivity contribution is -0.134. The van der Waals surface area contributed by atoms with Crippen LogP contribution in [0.1, 0.15) is 23.3 Å². The molecule has 0 fully saturated rings. The summed E-state index contributed by atoms with van der Waals surface area (Å²) in [5.41, 5.74) is 4.94. The van der Waals surface area contributed by atoms with Gasteiger partial charge in [-0.05, 0) is 35.6 Å². The van der Waals surface area contributed by atoms with Gasteiger partial charge in [0.1, 0.15) is 0 Å². The summed E-state index contributed by atoms with van der Waals surface area (Å²) in [5.74, 6) is -0.104. The molecular formula is C18H21N3O2S. The Balaban J connectivity index is 1.45. The topological polar surface area (TPSA) is 52.7 Å². The molecule has 0 radical (unpaired) electrons. The van der Waals surface area contributed by atoms with E-state index in [2.05, 4.69) is 16.9 Å². The SMILES string of the molecule is CN(NC(=O)CCC(=O)N1CCc2sccc2C1)c1ccccc1. The van der Waals surface area contributed by atoms with Crippen molar-refractivity contribution in [3.63, 3.8) is 0 Å². The standard InChI is InChI=1S/C18H21N3O2S/c1-20(15-5-3-2-4-6-15)19-17(22)7-8-18(23)21-11-9-16-14(13-21)10-12-24-16/h2-6,10,12H,7-9,11,13H2,1H3,(H,19,22).